The van der Waals surface area contributed by atoms with Crippen molar-refractivity contribution < 1.29 is 18.4 Å². The molecule has 1 heterocycles. The van der Waals surface area contributed by atoms with Crippen LogP contribution < -0.4 is 10.2 Å². The monoisotopic (exact) mass is 280 g/mol. The van der Waals surface area contributed by atoms with Crippen LogP contribution in [0.5, 0.6) is 0 Å². The fourth-order valence-corrected chi connectivity index (χ4v) is 3.10. The topological polar surface area (TPSA) is 49.4 Å². The van der Waals surface area contributed by atoms with Crippen molar-refractivity contribution in [1.82, 2.24) is 5.32 Å². The van der Waals surface area contributed by atoms with Crippen LogP contribution in [-0.2, 0) is 4.79 Å². The molecule has 1 aliphatic heterocycles. The summed E-state index contributed by atoms with van der Waals surface area (Å²) in [6, 6.07) is 1.95. The molecule has 0 bridgehead atoms. The highest BCUT2D eigenvalue weighted by molar-refractivity contribution is 6.18. The lowest BCUT2D eigenvalue weighted by Gasteiger charge is -2.40. The Morgan fingerprint density at radius 2 is 2.10 bits per heavy atom. The molecule has 6 heteroatoms. The summed E-state index contributed by atoms with van der Waals surface area (Å²) in [6.45, 7) is 1.78. The molecule has 0 aromatic heterocycles. The summed E-state index contributed by atoms with van der Waals surface area (Å²) in [6.07, 6.45) is 2.23. The van der Waals surface area contributed by atoms with Crippen LogP contribution in [-0.4, -0.2) is 18.0 Å². The highest BCUT2D eigenvalue weighted by Crippen LogP contribution is 2.43. The van der Waals surface area contributed by atoms with Gasteiger partial charge in [0.05, 0.1) is 11.1 Å². The third-order valence-corrected chi connectivity index (χ3v) is 4.30. The van der Waals surface area contributed by atoms with E-state index in [9.17, 15) is 18.4 Å². The average molecular weight is 280 g/mol. The second-order valence-electron chi connectivity index (χ2n) is 5.55. The number of hydrogen-bond acceptors (Lipinski definition) is 2. The molecule has 3 amide bonds. The predicted molar refractivity (Wildman–Crippen MR) is 68.1 cm³/mol. The molecule has 1 aliphatic carbocycles. The third kappa shape index (κ3) is 1.71. The van der Waals surface area contributed by atoms with E-state index in [1.165, 1.54) is 0 Å². The van der Waals surface area contributed by atoms with Gasteiger partial charge < -0.3 is 5.32 Å². The van der Waals surface area contributed by atoms with E-state index in [-0.39, 0.29) is 11.7 Å². The van der Waals surface area contributed by atoms with Gasteiger partial charge in [0.15, 0.2) is 0 Å². The third-order valence-electron chi connectivity index (χ3n) is 4.30. The number of fused-ring (bicyclic) bond motifs is 1. The minimum atomic E-state index is -0.923. The zero-order valence-electron chi connectivity index (χ0n) is 11.0. The second kappa shape index (κ2) is 4.26. The number of nitrogens with one attached hydrogen (secondary N) is 1. The van der Waals surface area contributed by atoms with Gasteiger partial charge in [0, 0.05) is 12.1 Å². The molecule has 20 heavy (non-hydrogen) atoms. The van der Waals surface area contributed by atoms with Gasteiger partial charge in [-0.1, -0.05) is 6.42 Å². The van der Waals surface area contributed by atoms with E-state index in [4.69, 9.17) is 0 Å². The molecule has 3 rings (SSSR count). The van der Waals surface area contributed by atoms with Crippen LogP contribution in [0.25, 0.3) is 0 Å². The lowest BCUT2D eigenvalue weighted by Crippen LogP contribution is -2.63. The molecule has 106 valence electrons. The van der Waals surface area contributed by atoms with Crippen LogP contribution >= 0.6 is 0 Å². The molecule has 0 radical (unpaired) electrons. The maximum absolute atomic E-state index is 13.8. The molecule has 4 nitrogen and oxygen atoms in total. The molecule has 2 aliphatic rings. The van der Waals surface area contributed by atoms with Crippen LogP contribution in [0.1, 0.15) is 26.2 Å². The van der Waals surface area contributed by atoms with Crippen molar-refractivity contribution >= 4 is 17.6 Å². The Morgan fingerprint density at radius 3 is 2.80 bits per heavy atom. The van der Waals surface area contributed by atoms with Crippen molar-refractivity contribution in [3.8, 4) is 0 Å². The van der Waals surface area contributed by atoms with Crippen molar-refractivity contribution in [2.75, 3.05) is 4.90 Å². The molecular formula is C14H14F2N2O2. The Labute approximate surface area is 114 Å². The number of carbonyl (C=O) groups is 2. The zero-order valence-corrected chi connectivity index (χ0v) is 11.0. The SMILES string of the molecule is CC12CCCC1NC(=O)N(c1ccc(F)cc1F)C2=O. The lowest BCUT2D eigenvalue weighted by atomic mass is 9.81. The Morgan fingerprint density at radius 1 is 1.35 bits per heavy atom. The number of urea groups is 1. The number of amides is 3. The molecule has 1 aromatic carbocycles. The fourth-order valence-electron chi connectivity index (χ4n) is 3.10. The fraction of sp³-hybridized carbons (Fsp3) is 0.429. The lowest BCUT2D eigenvalue weighted by molar-refractivity contribution is -0.128. The van der Waals surface area contributed by atoms with Crippen LogP contribution in [0.15, 0.2) is 18.2 Å². The summed E-state index contributed by atoms with van der Waals surface area (Å²) in [5, 5.41) is 2.75. The van der Waals surface area contributed by atoms with Crippen LogP contribution in [0.3, 0.4) is 0 Å². The molecule has 1 saturated heterocycles. The molecule has 1 aromatic rings. The minimum Gasteiger partial charge on any atom is -0.334 e. The van der Waals surface area contributed by atoms with Crippen LogP contribution in [0.4, 0.5) is 19.3 Å². The largest absolute Gasteiger partial charge is 0.334 e. The number of benzene rings is 1. The van der Waals surface area contributed by atoms with Gasteiger partial charge in [0.1, 0.15) is 11.6 Å². The summed E-state index contributed by atoms with van der Waals surface area (Å²) in [4.78, 5) is 25.4. The van der Waals surface area contributed by atoms with E-state index in [1.807, 2.05) is 0 Å². The maximum atomic E-state index is 13.8. The van der Waals surface area contributed by atoms with Crippen LogP contribution in [0.2, 0.25) is 0 Å². The standard InChI is InChI=1S/C14H14F2N2O2/c1-14-6-2-3-11(14)17-13(20)18(12(14)19)10-5-4-8(15)7-9(10)16/h4-5,7,11H,2-3,6H2,1H3,(H,17,20). The highest BCUT2D eigenvalue weighted by atomic mass is 19.1. The van der Waals surface area contributed by atoms with Gasteiger partial charge in [-0.3, -0.25) is 4.79 Å². The van der Waals surface area contributed by atoms with E-state index < -0.39 is 29.0 Å². The maximum Gasteiger partial charge on any atom is 0.329 e. The molecular weight excluding hydrogens is 266 g/mol. The van der Waals surface area contributed by atoms with Gasteiger partial charge in [0.25, 0.3) is 0 Å². The van der Waals surface area contributed by atoms with Gasteiger partial charge in [-0.15, -0.1) is 0 Å². The Balaban J connectivity index is 2.04. The summed E-state index contributed by atoms with van der Waals surface area (Å²) < 4.78 is 26.8. The van der Waals surface area contributed by atoms with Gasteiger partial charge >= 0.3 is 6.03 Å². The molecule has 2 fully saturated rings. The molecule has 2 atom stereocenters. The summed E-state index contributed by atoms with van der Waals surface area (Å²) >= 11 is 0. The van der Waals surface area contributed by atoms with E-state index in [1.54, 1.807) is 6.92 Å². The average Bonchev–Trinajstić information content (AvgIpc) is 2.75. The zero-order chi connectivity index (χ0) is 14.5. The first-order valence-electron chi connectivity index (χ1n) is 6.53. The van der Waals surface area contributed by atoms with E-state index in [2.05, 4.69) is 5.32 Å². The van der Waals surface area contributed by atoms with Crippen molar-refractivity contribution in [3.63, 3.8) is 0 Å². The summed E-state index contributed by atoms with van der Waals surface area (Å²) in [7, 11) is 0. The second-order valence-corrected chi connectivity index (χ2v) is 5.55. The Bertz CT molecular complexity index is 605. The Kier molecular flexibility index (Phi) is 2.77. The summed E-state index contributed by atoms with van der Waals surface area (Å²) in [5.41, 5.74) is -0.921. The summed E-state index contributed by atoms with van der Waals surface area (Å²) in [5.74, 6) is -2.09. The molecule has 2 unspecified atom stereocenters. The minimum absolute atomic E-state index is 0.206. The van der Waals surface area contributed by atoms with Gasteiger partial charge in [0.2, 0.25) is 5.91 Å². The first-order chi connectivity index (χ1) is 9.43. The number of carbonyl (C=O) groups excluding carboxylic acids is 2. The number of rotatable bonds is 1. The predicted octanol–water partition coefficient (Wildman–Crippen LogP) is 2.58. The number of hydrogen-bond donors (Lipinski definition) is 1. The van der Waals surface area contributed by atoms with Gasteiger partial charge in [-0.2, -0.15) is 0 Å². The molecule has 0 spiro atoms. The number of imide groups is 1. The van der Waals surface area contributed by atoms with Crippen molar-refractivity contribution in [2.24, 2.45) is 5.41 Å². The van der Waals surface area contributed by atoms with E-state index in [0.717, 1.165) is 29.9 Å². The Hall–Kier alpha value is -1.98. The normalized spacial score (nSPS) is 29.4. The molecule has 1 saturated carbocycles. The smallest absolute Gasteiger partial charge is 0.329 e. The van der Waals surface area contributed by atoms with Crippen molar-refractivity contribution in [1.29, 1.82) is 0 Å². The van der Waals surface area contributed by atoms with Gasteiger partial charge in [-0.25, -0.2) is 18.5 Å². The van der Waals surface area contributed by atoms with Crippen molar-refractivity contribution in [3.05, 3.63) is 29.8 Å². The first kappa shape index (κ1) is 13.0. The van der Waals surface area contributed by atoms with Crippen molar-refractivity contribution in [2.45, 2.75) is 32.2 Å². The highest BCUT2D eigenvalue weighted by Gasteiger charge is 2.53. The van der Waals surface area contributed by atoms with E-state index >= 15 is 0 Å². The first-order valence-corrected chi connectivity index (χ1v) is 6.53. The van der Waals surface area contributed by atoms with Crippen LogP contribution in [0, 0.1) is 17.0 Å². The van der Waals surface area contributed by atoms with Gasteiger partial charge in [-0.05, 0) is 31.9 Å². The number of nitrogens with zero attached hydrogens (tertiary/aromatic N) is 1. The molecule has 1 N–H and O–H groups in total. The van der Waals surface area contributed by atoms with E-state index in [0.29, 0.717) is 12.5 Å². The number of halogens is 2. The number of anilines is 1. The quantitative estimate of drug-likeness (QED) is 0.859.